The minimum atomic E-state index is 0.000486. The summed E-state index contributed by atoms with van der Waals surface area (Å²) in [4.78, 5) is 19.6. The predicted octanol–water partition coefficient (Wildman–Crippen LogP) is 3.33. The van der Waals surface area contributed by atoms with Crippen LogP contribution in [-0.2, 0) is 0 Å². The number of rotatable bonds is 3. The average molecular weight is 327 g/mol. The molecule has 1 aromatic carbocycles. The summed E-state index contributed by atoms with van der Waals surface area (Å²) in [6.45, 7) is 2.03. The molecule has 1 aliphatic carbocycles. The van der Waals surface area contributed by atoms with Crippen molar-refractivity contribution in [1.29, 1.82) is 0 Å². The van der Waals surface area contributed by atoms with E-state index in [1.165, 1.54) is 12.8 Å². The molecule has 1 amide bonds. The van der Waals surface area contributed by atoms with Gasteiger partial charge in [0.15, 0.2) is 5.17 Å². The van der Waals surface area contributed by atoms with E-state index >= 15 is 0 Å². The van der Waals surface area contributed by atoms with E-state index in [4.69, 9.17) is 4.99 Å². The van der Waals surface area contributed by atoms with Gasteiger partial charge >= 0.3 is 0 Å². The number of hydrogen-bond acceptors (Lipinski definition) is 4. The molecule has 0 aromatic heterocycles. The fourth-order valence-corrected chi connectivity index (χ4v) is 4.39. The summed E-state index contributed by atoms with van der Waals surface area (Å²) in [5.41, 5.74) is 2.94. The molecule has 1 N–H and O–H groups in total. The Morgan fingerprint density at radius 1 is 1.35 bits per heavy atom. The lowest BCUT2D eigenvalue weighted by Crippen LogP contribution is -2.24. The Bertz CT molecular complexity index is 683. The van der Waals surface area contributed by atoms with Gasteiger partial charge < -0.3 is 10.2 Å². The van der Waals surface area contributed by atoms with Crippen molar-refractivity contribution in [2.75, 3.05) is 18.8 Å². The molecule has 1 aromatic rings. The van der Waals surface area contributed by atoms with E-state index in [-0.39, 0.29) is 11.9 Å². The summed E-state index contributed by atoms with van der Waals surface area (Å²) in [5, 5.41) is 4.23. The van der Waals surface area contributed by atoms with Crippen LogP contribution < -0.4 is 5.32 Å². The zero-order valence-corrected chi connectivity index (χ0v) is 13.9. The van der Waals surface area contributed by atoms with E-state index in [0.29, 0.717) is 0 Å². The summed E-state index contributed by atoms with van der Waals surface area (Å²) in [5.74, 6) is 1.14. The van der Waals surface area contributed by atoms with Crippen LogP contribution in [0.2, 0.25) is 0 Å². The molecule has 4 nitrogen and oxygen atoms in total. The topological polar surface area (TPSA) is 44.7 Å². The molecule has 1 atom stereocenters. The summed E-state index contributed by atoms with van der Waals surface area (Å²) in [6, 6.07) is 8.11. The van der Waals surface area contributed by atoms with Crippen LogP contribution in [0.3, 0.4) is 0 Å². The molecule has 1 fully saturated rings. The Kier molecular flexibility index (Phi) is 4.12. The number of aliphatic imine (C=N–C) groups is 1. The molecule has 1 unspecified atom stereocenters. The van der Waals surface area contributed by atoms with Gasteiger partial charge in [0.2, 0.25) is 0 Å². The molecule has 2 aliphatic heterocycles. The zero-order chi connectivity index (χ0) is 15.6. The van der Waals surface area contributed by atoms with Gasteiger partial charge in [-0.25, -0.2) is 0 Å². The molecule has 0 radical (unpaired) electrons. The normalized spacial score (nSPS) is 23.3. The lowest BCUT2D eigenvalue weighted by molar-refractivity contribution is 0.0963. The molecule has 120 valence electrons. The van der Waals surface area contributed by atoms with Crippen molar-refractivity contribution in [1.82, 2.24) is 10.2 Å². The molecule has 0 bridgehead atoms. The van der Waals surface area contributed by atoms with Crippen LogP contribution in [-0.4, -0.2) is 34.8 Å². The van der Waals surface area contributed by atoms with Crippen LogP contribution >= 0.6 is 11.8 Å². The molecule has 0 saturated carbocycles. The molecule has 2 heterocycles. The maximum Gasteiger partial charge on any atom is 0.255 e. The Morgan fingerprint density at radius 2 is 2.30 bits per heavy atom. The van der Waals surface area contributed by atoms with E-state index in [1.54, 1.807) is 0 Å². The third-order valence-electron chi connectivity index (χ3n) is 4.62. The number of amidine groups is 1. The van der Waals surface area contributed by atoms with Crippen LogP contribution in [0.5, 0.6) is 0 Å². The van der Waals surface area contributed by atoms with Gasteiger partial charge in [-0.2, -0.15) is 0 Å². The van der Waals surface area contributed by atoms with E-state index in [0.717, 1.165) is 53.7 Å². The fourth-order valence-electron chi connectivity index (χ4n) is 3.34. The molecular weight excluding hydrogens is 306 g/mol. The zero-order valence-electron chi connectivity index (χ0n) is 13.1. The van der Waals surface area contributed by atoms with Crippen LogP contribution in [0, 0.1) is 0 Å². The molecule has 1 saturated heterocycles. The van der Waals surface area contributed by atoms with Gasteiger partial charge in [0.05, 0.1) is 6.04 Å². The minimum Gasteiger partial charge on any atom is -0.348 e. The van der Waals surface area contributed by atoms with Gasteiger partial charge in [-0.3, -0.25) is 9.79 Å². The number of amides is 1. The monoisotopic (exact) mass is 327 g/mol. The number of nitrogens with one attached hydrogen (secondary N) is 1. The first-order valence-electron chi connectivity index (χ1n) is 8.35. The highest BCUT2D eigenvalue weighted by molar-refractivity contribution is 8.14. The van der Waals surface area contributed by atoms with Crippen molar-refractivity contribution >= 4 is 22.8 Å². The van der Waals surface area contributed by atoms with E-state index < -0.39 is 0 Å². The Labute approximate surface area is 141 Å². The van der Waals surface area contributed by atoms with Crippen LogP contribution in [0.4, 0.5) is 0 Å². The van der Waals surface area contributed by atoms with Gasteiger partial charge in [0.25, 0.3) is 5.91 Å². The van der Waals surface area contributed by atoms with Crippen LogP contribution in [0.1, 0.15) is 47.6 Å². The second-order valence-corrected chi connectivity index (χ2v) is 7.34. The number of fused-ring (bicyclic) bond motifs is 1. The third kappa shape index (κ3) is 3.15. The lowest BCUT2D eigenvalue weighted by Gasteiger charge is -2.15. The van der Waals surface area contributed by atoms with E-state index in [2.05, 4.69) is 22.4 Å². The second-order valence-electron chi connectivity index (χ2n) is 6.28. The standard InChI is InChI=1S/C18H21N3OS/c22-17(19-15-7-2-1-3-8-15)14-6-4-5-13(11-14)16-12-21-9-10-23-18(21)20-16/h4-7,11,16H,1-3,8-10,12H2,(H,19,22). The van der Waals surface area contributed by atoms with E-state index in [1.807, 2.05) is 30.0 Å². The van der Waals surface area contributed by atoms with Crippen LogP contribution in [0.15, 0.2) is 41.0 Å². The maximum atomic E-state index is 12.5. The number of hydrogen-bond donors (Lipinski definition) is 1. The van der Waals surface area contributed by atoms with Crippen molar-refractivity contribution in [3.05, 3.63) is 47.2 Å². The van der Waals surface area contributed by atoms with Gasteiger partial charge in [-0.1, -0.05) is 30.0 Å². The average Bonchev–Trinajstić information content (AvgIpc) is 3.17. The number of benzene rings is 1. The maximum absolute atomic E-state index is 12.5. The molecule has 23 heavy (non-hydrogen) atoms. The molecular formula is C18H21N3OS. The van der Waals surface area contributed by atoms with Crippen LogP contribution in [0.25, 0.3) is 0 Å². The minimum absolute atomic E-state index is 0.000486. The first-order chi connectivity index (χ1) is 11.3. The quantitative estimate of drug-likeness (QED) is 0.926. The summed E-state index contributed by atoms with van der Waals surface area (Å²) in [7, 11) is 0. The molecule has 4 rings (SSSR count). The third-order valence-corrected chi connectivity index (χ3v) is 5.63. The number of allylic oxidation sites excluding steroid dienone is 2. The van der Waals surface area contributed by atoms with Crippen molar-refractivity contribution in [2.24, 2.45) is 4.99 Å². The van der Waals surface area contributed by atoms with Gasteiger partial charge in [0, 0.05) is 30.1 Å². The second kappa shape index (κ2) is 6.40. The number of carbonyl (C=O) groups is 1. The highest BCUT2D eigenvalue weighted by atomic mass is 32.2. The van der Waals surface area contributed by atoms with Crippen molar-refractivity contribution in [3.63, 3.8) is 0 Å². The molecule has 0 spiro atoms. The summed E-state index contributed by atoms with van der Waals surface area (Å²) >= 11 is 1.83. The van der Waals surface area contributed by atoms with Crippen molar-refractivity contribution in [3.8, 4) is 0 Å². The number of carbonyl (C=O) groups excluding carboxylic acids is 1. The molecule has 3 aliphatic rings. The van der Waals surface area contributed by atoms with Gasteiger partial charge in [-0.05, 0) is 43.4 Å². The summed E-state index contributed by atoms with van der Waals surface area (Å²) < 4.78 is 0. The SMILES string of the molecule is O=C(NC1=CCCCC1)c1cccc(C2CN3CCSC3=N2)c1. The Balaban J connectivity index is 1.49. The first kappa shape index (κ1) is 14.8. The van der Waals surface area contributed by atoms with Gasteiger partial charge in [0.1, 0.15) is 0 Å². The van der Waals surface area contributed by atoms with Gasteiger partial charge in [-0.15, -0.1) is 0 Å². The largest absolute Gasteiger partial charge is 0.348 e. The highest BCUT2D eigenvalue weighted by Crippen LogP contribution is 2.32. The Hall–Kier alpha value is -1.75. The van der Waals surface area contributed by atoms with E-state index in [9.17, 15) is 4.79 Å². The van der Waals surface area contributed by atoms with Crippen molar-refractivity contribution in [2.45, 2.75) is 31.7 Å². The lowest BCUT2D eigenvalue weighted by atomic mass is 10.0. The summed E-state index contributed by atoms with van der Waals surface area (Å²) in [6.07, 6.45) is 6.60. The number of nitrogens with zero attached hydrogens (tertiary/aromatic N) is 2. The molecule has 5 heteroatoms. The highest BCUT2D eigenvalue weighted by Gasteiger charge is 2.30. The van der Waals surface area contributed by atoms with Crippen molar-refractivity contribution < 1.29 is 4.79 Å². The number of thioether (sulfide) groups is 1. The first-order valence-corrected chi connectivity index (χ1v) is 9.34. The fraction of sp³-hybridized carbons (Fsp3) is 0.444. The smallest absolute Gasteiger partial charge is 0.255 e. The Morgan fingerprint density at radius 3 is 3.13 bits per heavy atom. The predicted molar refractivity (Wildman–Crippen MR) is 94.7 cm³/mol.